The number of ketones is 1. The van der Waals surface area contributed by atoms with E-state index < -0.39 is 23.5 Å². The monoisotopic (exact) mass is 395 g/mol. The van der Waals surface area contributed by atoms with Crippen molar-refractivity contribution in [3.05, 3.63) is 53.1 Å². The molecular formula is C19H16F3NO5. The predicted octanol–water partition coefficient (Wildman–Crippen LogP) is 3.07. The maximum Gasteiger partial charge on any atom is 0.426 e. The van der Waals surface area contributed by atoms with E-state index in [0.29, 0.717) is 12.5 Å². The number of carbonyl (C=O) groups excluding carboxylic acids is 2. The third-order valence-electron chi connectivity index (χ3n) is 4.44. The van der Waals surface area contributed by atoms with Crippen LogP contribution in [0.2, 0.25) is 0 Å². The fraction of sp³-hybridized carbons (Fsp3) is 0.263. The van der Waals surface area contributed by atoms with Crippen molar-refractivity contribution in [3.63, 3.8) is 0 Å². The molecule has 3 rings (SSSR count). The van der Waals surface area contributed by atoms with E-state index in [-0.39, 0.29) is 34.9 Å². The molecule has 2 N–H and O–H groups in total. The SMILES string of the molecule is COc1ccc(NC(=O)C(C)(O)C(F)(F)F)c2c1OCc1ccccc1C2=O. The van der Waals surface area contributed by atoms with Gasteiger partial charge in [-0.2, -0.15) is 13.2 Å². The first-order valence-electron chi connectivity index (χ1n) is 8.15. The van der Waals surface area contributed by atoms with Crippen molar-refractivity contribution in [3.8, 4) is 11.5 Å². The van der Waals surface area contributed by atoms with Gasteiger partial charge in [0, 0.05) is 11.1 Å². The molecule has 1 atom stereocenters. The van der Waals surface area contributed by atoms with Gasteiger partial charge in [-0.25, -0.2) is 0 Å². The van der Waals surface area contributed by atoms with Gasteiger partial charge in [0.05, 0.1) is 18.4 Å². The molecule has 0 radical (unpaired) electrons. The summed E-state index contributed by atoms with van der Waals surface area (Å²) >= 11 is 0. The molecule has 2 aromatic rings. The van der Waals surface area contributed by atoms with E-state index >= 15 is 0 Å². The van der Waals surface area contributed by atoms with Crippen molar-refractivity contribution < 1.29 is 37.3 Å². The summed E-state index contributed by atoms with van der Waals surface area (Å²) in [4.78, 5) is 25.2. The zero-order valence-electron chi connectivity index (χ0n) is 14.9. The van der Waals surface area contributed by atoms with E-state index in [2.05, 4.69) is 0 Å². The third kappa shape index (κ3) is 3.18. The first-order valence-corrected chi connectivity index (χ1v) is 8.15. The Morgan fingerprint density at radius 1 is 1.21 bits per heavy atom. The number of methoxy groups -OCH3 is 1. The van der Waals surface area contributed by atoms with Crippen molar-refractivity contribution >= 4 is 17.4 Å². The second kappa shape index (κ2) is 6.83. The lowest BCUT2D eigenvalue weighted by Gasteiger charge is -2.25. The number of alkyl halides is 3. The number of hydrogen-bond donors (Lipinski definition) is 2. The molecule has 2 aromatic carbocycles. The number of fused-ring (bicyclic) bond motifs is 2. The minimum atomic E-state index is -5.20. The van der Waals surface area contributed by atoms with Gasteiger partial charge in [0.15, 0.2) is 17.3 Å². The average molecular weight is 395 g/mol. The normalized spacial score (nSPS) is 15.4. The molecule has 9 heteroatoms. The molecule has 0 aromatic heterocycles. The van der Waals surface area contributed by atoms with Crippen LogP contribution in [-0.4, -0.2) is 35.7 Å². The molecule has 1 aliphatic rings. The van der Waals surface area contributed by atoms with Gasteiger partial charge in [-0.1, -0.05) is 24.3 Å². The fourth-order valence-corrected chi connectivity index (χ4v) is 2.72. The molecule has 0 saturated heterocycles. The van der Waals surface area contributed by atoms with E-state index in [4.69, 9.17) is 9.47 Å². The van der Waals surface area contributed by atoms with Crippen LogP contribution in [-0.2, 0) is 11.4 Å². The minimum absolute atomic E-state index is 0.00634. The van der Waals surface area contributed by atoms with Crippen molar-refractivity contribution in [2.75, 3.05) is 12.4 Å². The van der Waals surface area contributed by atoms with E-state index in [1.165, 1.54) is 19.2 Å². The van der Waals surface area contributed by atoms with Crippen molar-refractivity contribution in [2.24, 2.45) is 0 Å². The molecule has 28 heavy (non-hydrogen) atoms. The summed E-state index contributed by atoms with van der Waals surface area (Å²) in [5.74, 6) is -2.11. The number of rotatable bonds is 3. The molecule has 6 nitrogen and oxygen atoms in total. The lowest BCUT2D eigenvalue weighted by molar-refractivity contribution is -0.242. The number of amides is 1. The highest BCUT2D eigenvalue weighted by atomic mass is 19.4. The average Bonchev–Trinajstić information content (AvgIpc) is 2.79. The maximum atomic E-state index is 13.1. The summed E-state index contributed by atoms with van der Waals surface area (Å²) in [7, 11) is 1.34. The number of nitrogens with one attached hydrogen (secondary N) is 1. The molecule has 1 unspecified atom stereocenters. The first kappa shape index (κ1) is 19.7. The quantitative estimate of drug-likeness (QED) is 0.835. The second-order valence-electron chi connectivity index (χ2n) is 6.32. The number of halogens is 3. The van der Waals surface area contributed by atoms with Crippen LogP contribution in [0.1, 0.15) is 28.4 Å². The summed E-state index contributed by atoms with van der Waals surface area (Å²) in [6.45, 7) is 0.362. The number of anilines is 1. The van der Waals surface area contributed by atoms with Crippen LogP contribution in [0.15, 0.2) is 36.4 Å². The molecule has 1 amide bonds. The summed E-state index contributed by atoms with van der Waals surface area (Å²) < 4.78 is 49.7. The lowest BCUT2D eigenvalue weighted by Crippen LogP contribution is -2.52. The molecule has 0 bridgehead atoms. The van der Waals surface area contributed by atoms with Crippen molar-refractivity contribution in [2.45, 2.75) is 25.3 Å². The van der Waals surface area contributed by atoms with Crippen LogP contribution >= 0.6 is 0 Å². The van der Waals surface area contributed by atoms with Crippen LogP contribution in [0.5, 0.6) is 11.5 Å². The van der Waals surface area contributed by atoms with Gasteiger partial charge in [-0.05, 0) is 19.1 Å². The zero-order chi connectivity index (χ0) is 20.7. The number of benzene rings is 2. The fourth-order valence-electron chi connectivity index (χ4n) is 2.72. The van der Waals surface area contributed by atoms with E-state index in [1.54, 1.807) is 24.3 Å². The van der Waals surface area contributed by atoms with Gasteiger partial charge >= 0.3 is 6.18 Å². The summed E-state index contributed by atoms with van der Waals surface area (Å²) in [5, 5.41) is 11.6. The Morgan fingerprint density at radius 3 is 2.54 bits per heavy atom. The maximum absolute atomic E-state index is 13.1. The zero-order valence-corrected chi connectivity index (χ0v) is 14.9. The molecule has 0 saturated carbocycles. The minimum Gasteiger partial charge on any atom is -0.493 e. The van der Waals surface area contributed by atoms with E-state index in [0.717, 1.165) is 0 Å². The Bertz CT molecular complexity index is 953. The Balaban J connectivity index is 2.11. The van der Waals surface area contributed by atoms with Crippen LogP contribution in [0.25, 0.3) is 0 Å². The summed E-state index contributed by atoms with van der Waals surface area (Å²) in [5.41, 5.74) is -3.17. The van der Waals surface area contributed by atoms with Crippen molar-refractivity contribution in [1.82, 2.24) is 0 Å². The molecule has 1 aliphatic heterocycles. The predicted molar refractivity (Wildman–Crippen MR) is 92.5 cm³/mol. The Labute approximate surface area is 157 Å². The van der Waals surface area contributed by atoms with E-state index in [1.807, 2.05) is 5.32 Å². The number of aliphatic hydroxyl groups is 1. The summed E-state index contributed by atoms with van der Waals surface area (Å²) in [6, 6.07) is 9.14. The smallest absolute Gasteiger partial charge is 0.426 e. The van der Waals surface area contributed by atoms with Crippen LogP contribution < -0.4 is 14.8 Å². The number of carbonyl (C=O) groups is 2. The van der Waals surface area contributed by atoms with Gasteiger partial charge < -0.3 is 19.9 Å². The molecule has 148 valence electrons. The Kier molecular flexibility index (Phi) is 4.80. The number of hydrogen-bond acceptors (Lipinski definition) is 5. The lowest BCUT2D eigenvalue weighted by atomic mass is 9.97. The van der Waals surface area contributed by atoms with Gasteiger partial charge in [0.25, 0.3) is 5.91 Å². The van der Waals surface area contributed by atoms with Crippen LogP contribution in [0, 0.1) is 0 Å². The van der Waals surface area contributed by atoms with Crippen LogP contribution in [0.4, 0.5) is 18.9 Å². The number of ether oxygens (including phenoxy) is 2. The highest BCUT2D eigenvalue weighted by Crippen LogP contribution is 2.41. The molecule has 0 fully saturated rings. The topological polar surface area (TPSA) is 84.9 Å². The van der Waals surface area contributed by atoms with Gasteiger partial charge in [0.2, 0.25) is 5.60 Å². The van der Waals surface area contributed by atoms with Gasteiger partial charge in [0.1, 0.15) is 6.61 Å². The van der Waals surface area contributed by atoms with Gasteiger partial charge in [-0.3, -0.25) is 9.59 Å². The molecule has 1 heterocycles. The molecule has 0 aliphatic carbocycles. The standard InChI is InChI=1S/C19H16F3NO5/c1-18(26,19(20,21)22)17(25)23-12-7-8-13(27-2)16-14(12)15(24)11-6-4-3-5-10(11)9-28-16/h3-8,26H,9H2,1-2H3,(H,23,25). The summed E-state index contributed by atoms with van der Waals surface area (Å²) in [6.07, 6.45) is -5.20. The highest BCUT2D eigenvalue weighted by molar-refractivity contribution is 6.17. The van der Waals surface area contributed by atoms with Crippen LogP contribution in [0.3, 0.4) is 0 Å². The third-order valence-corrected chi connectivity index (χ3v) is 4.44. The Morgan fingerprint density at radius 2 is 1.89 bits per heavy atom. The van der Waals surface area contributed by atoms with Crippen molar-refractivity contribution in [1.29, 1.82) is 0 Å². The van der Waals surface area contributed by atoms with E-state index in [9.17, 15) is 27.9 Å². The molecular weight excluding hydrogens is 379 g/mol. The first-order chi connectivity index (χ1) is 13.1. The second-order valence-corrected chi connectivity index (χ2v) is 6.32. The molecule has 0 spiro atoms. The van der Waals surface area contributed by atoms with Gasteiger partial charge in [-0.15, -0.1) is 0 Å². The Hall–Kier alpha value is -3.07. The highest BCUT2D eigenvalue weighted by Gasteiger charge is 2.56. The largest absolute Gasteiger partial charge is 0.493 e.